The van der Waals surface area contributed by atoms with Crippen molar-refractivity contribution in [1.82, 2.24) is 0 Å². The lowest BCUT2D eigenvalue weighted by molar-refractivity contribution is -0.143. The van der Waals surface area contributed by atoms with Gasteiger partial charge in [-0.05, 0) is 39.2 Å². The van der Waals surface area contributed by atoms with Gasteiger partial charge in [0.25, 0.3) is 0 Å². The summed E-state index contributed by atoms with van der Waals surface area (Å²) in [6.45, 7) is 10.9. The molecule has 0 radical (unpaired) electrons. The van der Waals surface area contributed by atoms with E-state index in [1.807, 2.05) is 13.8 Å². The largest absolute Gasteiger partial charge is 0.459 e. The van der Waals surface area contributed by atoms with Gasteiger partial charge in [0.05, 0.1) is 0 Å². The first kappa shape index (κ1) is 19.3. The van der Waals surface area contributed by atoms with Crippen LogP contribution in [0.15, 0.2) is 12.7 Å². The second-order valence-electron chi connectivity index (χ2n) is 4.68. The lowest BCUT2D eigenvalue weighted by Gasteiger charge is -2.20. The van der Waals surface area contributed by atoms with Crippen LogP contribution in [0.25, 0.3) is 0 Å². The van der Waals surface area contributed by atoms with Gasteiger partial charge in [-0.25, -0.2) is 4.79 Å². The van der Waals surface area contributed by atoms with Gasteiger partial charge in [0.1, 0.15) is 6.10 Å². The molecule has 0 aromatic rings. The number of carbonyl (C=O) groups excluding carboxylic acids is 1. The number of hydrogen-bond acceptors (Lipinski definition) is 4. The number of hydrogen-bond donors (Lipinski definition) is 0. The van der Waals surface area contributed by atoms with Crippen LogP contribution in [0.4, 0.5) is 0 Å². The fraction of sp³-hybridized carbons (Fsp3) is 0.800. The van der Waals surface area contributed by atoms with E-state index in [9.17, 15) is 4.79 Å². The van der Waals surface area contributed by atoms with Crippen LogP contribution in [0.3, 0.4) is 0 Å². The van der Waals surface area contributed by atoms with E-state index in [0.717, 1.165) is 31.7 Å². The Kier molecular flexibility index (Phi) is 12.9. The van der Waals surface area contributed by atoms with E-state index in [4.69, 9.17) is 13.6 Å². The van der Waals surface area contributed by atoms with Gasteiger partial charge in [-0.3, -0.25) is 0 Å². The third-order valence-electron chi connectivity index (χ3n) is 3.01. The molecule has 0 heterocycles. The second kappa shape index (κ2) is 13.3. The van der Waals surface area contributed by atoms with Gasteiger partial charge in [0.2, 0.25) is 0 Å². The van der Waals surface area contributed by atoms with E-state index in [1.54, 1.807) is 0 Å². The minimum atomic E-state index is -1.60. The van der Waals surface area contributed by atoms with Crippen molar-refractivity contribution >= 4 is 15.3 Å². The predicted octanol–water partition coefficient (Wildman–Crippen LogP) is 3.35. The first-order chi connectivity index (χ1) is 9.67. The van der Waals surface area contributed by atoms with E-state index in [0.29, 0.717) is 13.2 Å². The highest BCUT2D eigenvalue weighted by Gasteiger charge is 2.18. The van der Waals surface area contributed by atoms with Crippen LogP contribution in [0.1, 0.15) is 52.9 Å². The molecule has 0 saturated carbocycles. The SMILES string of the molecule is C=CC(=O)OC(CCCCC)CC[SiH](OCC)OCC. The van der Waals surface area contributed by atoms with Gasteiger partial charge >= 0.3 is 15.3 Å². The molecule has 0 N–H and O–H groups in total. The van der Waals surface area contributed by atoms with Crippen molar-refractivity contribution < 1.29 is 18.4 Å². The minimum absolute atomic E-state index is 0.0389. The summed E-state index contributed by atoms with van der Waals surface area (Å²) in [5.41, 5.74) is 0. The molecule has 0 aliphatic heterocycles. The highest BCUT2D eigenvalue weighted by atomic mass is 28.3. The second-order valence-corrected chi connectivity index (χ2v) is 6.78. The third-order valence-corrected chi connectivity index (χ3v) is 5.22. The Morgan fingerprint density at radius 3 is 2.30 bits per heavy atom. The Hall–Kier alpha value is -0.653. The van der Waals surface area contributed by atoms with Gasteiger partial charge in [-0.2, -0.15) is 0 Å². The van der Waals surface area contributed by atoms with Crippen LogP contribution < -0.4 is 0 Å². The average Bonchev–Trinajstić information content (AvgIpc) is 2.44. The topological polar surface area (TPSA) is 44.8 Å². The molecule has 0 aliphatic carbocycles. The summed E-state index contributed by atoms with van der Waals surface area (Å²) >= 11 is 0. The maximum absolute atomic E-state index is 11.4. The molecule has 1 unspecified atom stereocenters. The van der Waals surface area contributed by atoms with Crippen LogP contribution in [-0.4, -0.2) is 34.6 Å². The molecule has 0 aromatic heterocycles. The molecule has 4 nitrogen and oxygen atoms in total. The molecule has 0 rings (SSSR count). The number of unbranched alkanes of at least 4 members (excludes halogenated alkanes) is 2. The van der Waals surface area contributed by atoms with Crippen molar-refractivity contribution in [2.24, 2.45) is 0 Å². The van der Waals surface area contributed by atoms with E-state index in [-0.39, 0.29) is 12.1 Å². The van der Waals surface area contributed by atoms with Crippen LogP contribution >= 0.6 is 0 Å². The van der Waals surface area contributed by atoms with Crippen molar-refractivity contribution in [2.45, 2.75) is 65.0 Å². The van der Waals surface area contributed by atoms with Gasteiger partial charge in [-0.15, -0.1) is 0 Å². The number of rotatable bonds is 13. The van der Waals surface area contributed by atoms with E-state index in [1.165, 1.54) is 12.5 Å². The summed E-state index contributed by atoms with van der Waals surface area (Å²) in [4.78, 5) is 11.4. The Morgan fingerprint density at radius 1 is 1.15 bits per heavy atom. The normalized spacial score (nSPS) is 12.4. The molecule has 0 aromatic carbocycles. The number of carbonyl (C=O) groups is 1. The van der Waals surface area contributed by atoms with Crippen molar-refractivity contribution in [3.63, 3.8) is 0 Å². The highest BCUT2D eigenvalue weighted by Crippen LogP contribution is 2.15. The van der Waals surface area contributed by atoms with Crippen molar-refractivity contribution in [1.29, 1.82) is 0 Å². The van der Waals surface area contributed by atoms with Crippen LogP contribution in [0.2, 0.25) is 6.04 Å². The molecule has 1 atom stereocenters. The zero-order valence-corrected chi connectivity index (χ0v) is 14.4. The standard InChI is InChI=1S/C15H30O4Si/c1-5-9-10-11-14(19-15(16)6-2)12-13-20(17-7-3)18-8-4/h6,14,20H,2,5,7-13H2,1,3-4H3. The Bertz CT molecular complexity index is 252. The highest BCUT2D eigenvalue weighted by molar-refractivity contribution is 6.44. The smallest absolute Gasteiger partial charge is 0.330 e. The maximum Gasteiger partial charge on any atom is 0.330 e. The first-order valence-electron chi connectivity index (χ1n) is 7.74. The molecule has 0 spiro atoms. The van der Waals surface area contributed by atoms with Gasteiger partial charge in [0, 0.05) is 19.3 Å². The molecule has 0 fully saturated rings. The lowest BCUT2D eigenvalue weighted by atomic mass is 10.1. The fourth-order valence-corrected chi connectivity index (χ4v) is 3.82. The van der Waals surface area contributed by atoms with E-state index >= 15 is 0 Å². The molecule has 20 heavy (non-hydrogen) atoms. The molecule has 0 saturated heterocycles. The van der Waals surface area contributed by atoms with Crippen molar-refractivity contribution in [2.75, 3.05) is 13.2 Å². The van der Waals surface area contributed by atoms with Gasteiger partial charge < -0.3 is 13.6 Å². The van der Waals surface area contributed by atoms with Crippen LogP contribution in [0, 0.1) is 0 Å². The lowest BCUT2D eigenvalue weighted by Crippen LogP contribution is -2.26. The zero-order chi connectivity index (χ0) is 15.2. The molecular formula is C15H30O4Si. The quantitative estimate of drug-likeness (QED) is 0.226. The summed E-state index contributed by atoms with van der Waals surface area (Å²) in [6.07, 6.45) is 6.33. The Balaban J connectivity index is 4.22. The zero-order valence-electron chi connectivity index (χ0n) is 13.2. The summed E-state index contributed by atoms with van der Waals surface area (Å²) < 4.78 is 16.7. The Morgan fingerprint density at radius 2 is 1.80 bits per heavy atom. The van der Waals surface area contributed by atoms with Crippen molar-refractivity contribution in [3.8, 4) is 0 Å². The fourth-order valence-electron chi connectivity index (χ4n) is 2.01. The van der Waals surface area contributed by atoms with Crippen molar-refractivity contribution in [3.05, 3.63) is 12.7 Å². The van der Waals surface area contributed by atoms with E-state index < -0.39 is 9.28 Å². The molecule has 0 aliphatic rings. The maximum atomic E-state index is 11.4. The summed E-state index contributed by atoms with van der Waals surface area (Å²) in [7, 11) is -1.60. The number of esters is 1. The average molecular weight is 302 g/mol. The molecular weight excluding hydrogens is 272 g/mol. The molecule has 118 valence electrons. The summed E-state index contributed by atoms with van der Waals surface area (Å²) in [6, 6.07) is 0.878. The third kappa shape index (κ3) is 10.2. The van der Waals surface area contributed by atoms with Crippen LogP contribution in [-0.2, 0) is 18.4 Å². The molecule has 0 amide bonds. The molecule has 0 bridgehead atoms. The minimum Gasteiger partial charge on any atom is -0.459 e. The monoisotopic (exact) mass is 302 g/mol. The predicted molar refractivity (Wildman–Crippen MR) is 84.0 cm³/mol. The van der Waals surface area contributed by atoms with E-state index in [2.05, 4.69) is 13.5 Å². The molecule has 5 heteroatoms. The summed E-state index contributed by atoms with van der Waals surface area (Å²) in [5.74, 6) is -0.336. The first-order valence-corrected chi connectivity index (χ1v) is 9.49. The van der Waals surface area contributed by atoms with Gasteiger partial charge in [-0.1, -0.05) is 26.3 Å². The van der Waals surface area contributed by atoms with Gasteiger partial charge in [0.15, 0.2) is 0 Å². The summed E-state index contributed by atoms with van der Waals surface area (Å²) in [5, 5.41) is 0. The number of ether oxygens (including phenoxy) is 1. The van der Waals surface area contributed by atoms with Crippen LogP contribution in [0.5, 0.6) is 0 Å². The Labute approximate surface area is 125 Å².